The molecule has 0 unspecified atom stereocenters. The van der Waals surface area contributed by atoms with E-state index in [4.69, 9.17) is 0 Å². The second-order valence-electron chi connectivity index (χ2n) is 5.41. The Morgan fingerprint density at radius 1 is 1.11 bits per heavy atom. The Morgan fingerprint density at radius 3 is 2.16 bits per heavy atom. The van der Waals surface area contributed by atoms with Crippen molar-refractivity contribution in [3.63, 3.8) is 0 Å². The van der Waals surface area contributed by atoms with Gasteiger partial charge in [0.25, 0.3) is 0 Å². The van der Waals surface area contributed by atoms with E-state index in [1.165, 1.54) is 0 Å². The molecule has 5 heteroatoms. The van der Waals surface area contributed by atoms with Gasteiger partial charge in [-0.1, -0.05) is 13.8 Å². The summed E-state index contributed by atoms with van der Waals surface area (Å²) in [5.41, 5.74) is 0.232. The van der Waals surface area contributed by atoms with Crippen molar-refractivity contribution >= 4 is 11.6 Å². The maximum Gasteiger partial charge on any atom is 0.134 e. The highest BCUT2D eigenvalue weighted by atomic mass is 16.3. The smallest absolute Gasteiger partial charge is 0.134 e. The lowest BCUT2D eigenvalue weighted by molar-refractivity contribution is 0.0944. The fourth-order valence-corrected chi connectivity index (χ4v) is 1.61. The van der Waals surface area contributed by atoms with Crippen LogP contribution in [0.4, 0.5) is 11.6 Å². The summed E-state index contributed by atoms with van der Waals surface area (Å²) in [5, 5.41) is 16.3. The zero-order valence-electron chi connectivity index (χ0n) is 12.7. The van der Waals surface area contributed by atoms with Crippen molar-refractivity contribution in [2.24, 2.45) is 0 Å². The molecule has 3 N–H and O–H groups in total. The number of aliphatic hydroxyl groups is 1. The van der Waals surface area contributed by atoms with E-state index in [1.807, 2.05) is 13.8 Å². The highest BCUT2D eigenvalue weighted by Crippen LogP contribution is 2.21. The largest absolute Gasteiger partial charge is 0.389 e. The highest BCUT2D eigenvalue weighted by Gasteiger charge is 2.15. The van der Waals surface area contributed by atoms with Gasteiger partial charge < -0.3 is 15.7 Å². The molecule has 0 aliphatic carbocycles. The highest BCUT2D eigenvalue weighted by molar-refractivity contribution is 5.57. The SMILES string of the molecule is CCCNc1nc(CC)nc(NCC(C)(C)O)c1C. The normalized spacial score (nSPS) is 11.5. The fourth-order valence-electron chi connectivity index (χ4n) is 1.61. The second-order valence-corrected chi connectivity index (χ2v) is 5.41. The van der Waals surface area contributed by atoms with E-state index < -0.39 is 5.60 Å². The number of rotatable bonds is 7. The first-order chi connectivity index (χ1) is 8.87. The molecule has 0 spiro atoms. The molecule has 0 atom stereocenters. The summed E-state index contributed by atoms with van der Waals surface area (Å²) in [5.74, 6) is 2.49. The van der Waals surface area contributed by atoms with Crippen LogP contribution < -0.4 is 10.6 Å². The molecule has 0 bridgehead atoms. The van der Waals surface area contributed by atoms with Crippen molar-refractivity contribution in [3.05, 3.63) is 11.4 Å². The molecule has 0 amide bonds. The predicted molar refractivity (Wildman–Crippen MR) is 79.7 cm³/mol. The Morgan fingerprint density at radius 2 is 1.68 bits per heavy atom. The first-order valence-electron chi connectivity index (χ1n) is 6.95. The summed E-state index contributed by atoms with van der Waals surface area (Å²) in [6.07, 6.45) is 1.84. The van der Waals surface area contributed by atoms with Gasteiger partial charge in [-0.3, -0.25) is 0 Å². The minimum Gasteiger partial charge on any atom is -0.389 e. The summed E-state index contributed by atoms with van der Waals surface area (Å²) in [6, 6.07) is 0. The van der Waals surface area contributed by atoms with Gasteiger partial charge in [0, 0.05) is 25.1 Å². The summed E-state index contributed by atoms with van der Waals surface area (Å²) in [6.45, 7) is 11.0. The number of aromatic nitrogens is 2. The van der Waals surface area contributed by atoms with Crippen molar-refractivity contribution in [2.75, 3.05) is 23.7 Å². The van der Waals surface area contributed by atoms with Crippen molar-refractivity contribution < 1.29 is 5.11 Å². The number of anilines is 2. The van der Waals surface area contributed by atoms with Gasteiger partial charge in [-0.05, 0) is 27.2 Å². The van der Waals surface area contributed by atoms with Gasteiger partial charge in [-0.15, -0.1) is 0 Å². The van der Waals surface area contributed by atoms with Crippen molar-refractivity contribution in [1.82, 2.24) is 9.97 Å². The Hall–Kier alpha value is -1.36. The van der Waals surface area contributed by atoms with Gasteiger partial charge in [-0.2, -0.15) is 0 Å². The Kier molecular flexibility index (Phi) is 5.54. The molecule has 0 saturated heterocycles. The number of hydrogen-bond acceptors (Lipinski definition) is 5. The molecule has 1 aromatic heterocycles. The Labute approximate surface area is 115 Å². The molecule has 1 heterocycles. The number of aryl methyl sites for hydroxylation is 1. The van der Waals surface area contributed by atoms with E-state index in [0.717, 1.165) is 42.4 Å². The van der Waals surface area contributed by atoms with Crippen LogP contribution in [-0.4, -0.2) is 33.8 Å². The van der Waals surface area contributed by atoms with Crippen LogP contribution >= 0.6 is 0 Å². The average molecular weight is 266 g/mol. The van der Waals surface area contributed by atoms with Crippen LogP contribution in [0.25, 0.3) is 0 Å². The van der Waals surface area contributed by atoms with Crippen LogP contribution in [-0.2, 0) is 6.42 Å². The summed E-state index contributed by atoms with van der Waals surface area (Å²) in [7, 11) is 0. The van der Waals surface area contributed by atoms with E-state index in [2.05, 4.69) is 27.5 Å². The fraction of sp³-hybridized carbons (Fsp3) is 0.714. The first-order valence-corrected chi connectivity index (χ1v) is 6.95. The summed E-state index contributed by atoms with van der Waals surface area (Å²) in [4.78, 5) is 9.00. The first kappa shape index (κ1) is 15.7. The molecule has 0 saturated carbocycles. The molecule has 0 aromatic carbocycles. The lowest BCUT2D eigenvalue weighted by Gasteiger charge is -2.20. The van der Waals surface area contributed by atoms with E-state index in [9.17, 15) is 5.11 Å². The molecule has 1 rings (SSSR count). The average Bonchev–Trinajstić information content (AvgIpc) is 2.35. The van der Waals surface area contributed by atoms with E-state index in [0.29, 0.717) is 6.54 Å². The lowest BCUT2D eigenvalue weighted by Crippen LogP contribution is -2.30. The number of nitrogens with zero attached hydrogens (tertiary/aromatic N) is 2. The second kappa shape index (κ2) is 6.70. The van der Waals surface area contributed by atoms with Crippen molar-refractivity contribution in [3.8, 4) is 0 Å². The number of hydrogen-bond donors (Lipinski definition) is 3. The van der Waals surface area contributed by atoms with Crippen LogP contribution in [0.15, 0.2) is 0 Å². The third-order valence-electron chi connectivity index (χ3n) is 2.74. The van der Waals surface area contributed by atoms with Crippen LogP contribution in [0.3, 0.4) is 0 Å². The van der Waals surface area contributed by atoms with Crippen LogP contribution in [0, 0.1) is 6.92 Å². The number of nitrogens with one attached hydrogen (secondary N) is 2. The van der Waals surface area contributed by atoms with E-state index in [-0.39, 0.29) is 0 Å². The zero-order chi connectivity index (χ0) is 14.5. The molecular formula is C14H26N4O. The van der Waals surface area contributed by atoms with Crippen LogP contribution in [0.1, 0.15) is 45.5 Å². The Bertz CT molecular complexity index is 413. The molecule has 19 heavy (non-hydrogen) atoms. The standard InChI is InChI=1S/C14H26N4O/c1-6-8-15-12-10(3)13(16-9-14(4,5)19)18-11(7-2)17-12/h19H,6-9H2,1-5H3,(H2,15,16,17,18). The zero-order valence-corrected chi connectivity index (χ0v) is 12.7. The Balaban J connectivity index is 2.95. The van der Waals surface area contributed by atoms with Gasteiger partial charge in [0.1, 0.15) is 17.5 Å². The monoisotopic (exact) mass is 266 g/mol. The molecule has 0 fully saturated rings. The summed E-state index contributed by atoms with van der Waals surface area (Å²) >= 11 is 0. The third-order valence-corrected chi connectivity index (χ3v) is 2.74. The molecule has 1 aromatic rings. The predicted octanol–water partition coefficient (Wildman–Crippen LogP) is 2.35. The van der Waals surface area contributed by atoms with Crippen LogP contribution in [0.5, 0.6) is 0 Å². The molecule has 0 aliphatic heterocycles. The van der Waals surface area contributed by atoms with Crippen molar-refractivity contribution in [2.45, 2.75) is 53.1 Å². The van der Waals surface area contributed by atoms with E-state index in [1.54, 1.807) is 13.8 Å². The molecular weight excluding hydrogens is 240 g/mol. The molecule has 108 valence electrons. The van der Waals surface area contributed by atoms with Crippen molar-refractivity contribution in [1.29, 1.82) is 0 Å². The van der Waals surface area contributed by atoms with Gasteiger partial charge in [0.15, 0.2) is 0 Å². The minimum absolute atomic E-state index is 0.460. The van der Waals surface area contributed by atoms with E-state index >= 15 is 0 Å². The van der Waals surface area contributed by atoms with Gasteiger partial charge in [0.05, 0.1) is 5.60 Å². The lowest BCUT2D eigenvalue weighted by atomic mass is 10.1. The van der Waals surface area contributed by atoms with Gasteiger partial charge >= 0.3 is 0 Å². The van der Waals surface area contributed by atoms with Gasteiger partial charge in [0.2, 0.25) is 0 Å². The molecule has 0 aliphatic rings. The summed E-state index contributed by atoms with van der Waals surface area (Å²) < 4.78 is 0. The topological polar surface area (TPSA) is 70.1 Å². The quantitative estimate of drug-likeness (QED) is 0.706. The van der Waals surface area contributed by atoms with Crippen LogP contribution in [0.2, 0.25) is 0 Å². The maximum atomic E-state index is 9.79. The third kappa shape index (κ3) is 5.03. The molecule has 5 nitrogen and oxygen atoms in total. The maximum absolute atomic E-state index is 9.79. The van der Waals surface area contributed by atoms with Gasteiger partial charge in [-0.25, -0.2) is 9.97 Å². The minimum atomic E-state index is -0.763. The molecule has 0 radical (unpaired) electrons.